The van der Waals surface area contributed by atoms with Crippen LogP contribution in [-0.4, -0.2) is 16.9 Å². The summed E-state index contributed by atoms with van der Waals surface area (Å²) in [5, 5.41) is 8.63. The second-order valence-electron chi connectivity index (χ2n) is 2.70. The number of carboxylic acids is 1. The lowest BCUT2D eigenvalue weighted by atomic mass is 10.1. The molecule has 0 aromatic rings. The molecule has 0 radical (unpaired) electrons. The molecule has 0 rings (SSSR count). The molecular formula is C9H14O3. The van der Waals surface area contributed by atoms with Gasteiger partial charge in [-0.1, -0.05) is 19.4 Å². The van der Waals surface area contributed by atoms with Crippen molar-refractivity contribution in [2.24, 2.45) is 0 Å². The summed E-state index contributed by atoms with van der Waals surface area (Å²) in [6, 6.07) is 0. The molecule has 3 heteroatoms. The predicted molar refractivity (Wildman–Crippen MR) is 45.9 cm³/mol. The van der Waals surface area contributed by atoms with E-state index in [0.717, 1.165) is 12.8 Å². The molecule has 3 nitrogen and oxygen atoms in total. The van der Waals surface area contributed by atoms with Gasteiger partial charge < -0.3 is 5.11 Å². The van der Waals surface area contributed by atoms with E-state index in [9.17, 15) is 9.59 Å². The molecule has 0 aliphatic carbocycles. The average molecular weight is 170 g/mol. The van der Waals surface area contributed by atoms with Crippen molar-refractivity contribution in [1.82, 2.24) is 0 Å². The summed E-state index contributed by atoms with van der Waals surface area (Å²) >= 11 is 0. The van der Waals surface area contributed by atoms with Gasteiger partial charge in [-0.05, 0) is 13.3 Å². The highest BCUT2D eigenvalue weighted by molar-refractivity contribution is 5.93. The zero-order chi connectivity index (χ0) is 9.56. The minimum Gasteiger partial charge on any atom is -0.478 e. The summed E-state index contributed by atoms with van der Waals surface area (Å²) in [4.78, 5) is 21.1. The van der Waals surface area contributed by atoms with E-state index in [1.54, 1.807) is 6.08 Å². The van der Waals surface area contributed by atoms with Crippen molar-refractivity contribution in [2.75, 3.05) is 0 Å². The molecule has 1 N–H and O–H groups in total. The maximum atomic E-state index is 10.6. The molecular weight excluding hydrogens is 156 g/mol. The van der Waals surface area contributed by atoms with Crippen LogP contribution in [0.2, 0.25) is 0 Å². The van der Waals surface area contributed by atoms with Crippen molar-refractivity contribution in [3.63, 3.8) is 0 Å². The Hall–Kier alpha value is -1.12. The third kappa shape index (κ3) is 4.66. The van der Waals surface area contributed by atoms with Crippen molar-refractivity contribution in [2.45, 2.75) is 33.1 Å². The van der Waals surface area contributed by atoms with E-state index in [0.29, 0.717) is 0 Å². The standard InChI is InChI=1S/C9H14O3/c1-3-4-5-8(9(11)12)6-7(2)10/h5H,3-4,6H2,1-2H3,(H,11,12)/b8-5+. The summed E-state index contributed by atoms with van der Waals surface area (Å²) < 4.78 is 0. The van der Waals surface area contributed by atoms with Gasteiger partial charge >= 0.3 is 5.97 Å². The van der Waals surface area contributed by atoms with Crippen LogP contribution in [0.1, 0.15) is 33.1 Å². The van der Waals surface area contributed by atoms with Crippen molar-refractivity contribution < 1.29 is 14.7 Å². The molecule has 0 aliphatic rings. The van der Waals surface area contributed by atoms with E-state index >= 15 is 0 Å². The first-order valence-electron chi connectivity index (χ1n) is 3.99. The third-order valence-electron chi connectivity index (χ3n) is 1.39. The summed E-state index contributed by atoms with van der Waals surface area (Å²) in [5.41, 5.74) is 0.212. The fourth-order valence-electron chi connectivity index (χ4n) is 0.822. The number of rotatable bonds is 5. The molecule has 12 heavy (non-hydrogen) atoms. The number of ketones is 1. The molecule has 0 unspecified atom stereocenters. The molecule has 0 atom stereocenters. The number of hydrogen-bond acceptors (Lipinski definition) is 2. The van der Waals surface area contributed by atoms with Crippen LogP contribution >= 0.6 is 0 Å². The zero-order valence-electron chi connectivity index (χ0n) is 7.46. The number of Topliss-reactive ketones (excluding diaryl/α,β-unsaturated/α-hetero) is 1. The number of carbonyl (C=O) groups is 2. The van der Waals surface area contributed by atoms with Crippen molar-refractivity contribution in [1.29, 1.82) is 0 Å². The SMILES string of the molecule is CCC/C=C(\CC(C)=O)C(=O)O. The van der Waals surface area contributed by atoms with E-state index in [1.807, 2.05) is 6.92 Å². The number of allylic oxidation sites excluding steroid dienone is 1. The maximum Gasteiger partial charge on any atom is 0.331 e. The van der Waals surface area contributed by atoms with Crippen LogP contribution < -0.4 is 0 Å². The van der Waals surface area contributed by atoms with Gasteiger partial charge in [0.1, 0.15) is 5.78 Å². The molecule has 68 valence electrons. The van der Waals surface area contributed by atoms with Crippen LogP contribution in [0.3, 0.4) is 0 Å². The molecule has 0 bridgehead atoms. The molecule has 0 fully saturated rings. The monoisotopic (exact) mass is 170 g/mol. The topological polar surface area (TPSA) is 54.4 Å². The minimum absolute atomic E-state index is 0.0370. The van der Waals surface area contributed by atoms with Crippen molar-refractivity contribution in [3.8, 4) is 0 Å². The first-order chi connectivity index (χ1) is 5.57. The number of hydrogen-bond donors (Lipinski definition) is 1. The van der Waals surface area contributed by atoms with Crippen molar-refractivity contribution in [3.05, 3.63) is 11.6 Å². The normalized spacial score (nSPS) is 11.3. The third-order valence-corrected chi connectivity index (χ3v) is 1.39. The highest BCUT2D eigenvalue weighted by Crippen LogP contribution is 2.05. The summed E-state index contributed by atoms with van der Waals surface area (Å²) in [7, 11) is 0. The van der Waals surface area contributed by atoms with Gasteiger partial charge in [0.25, 0.3) is 0 Å². The van der Waals surface area contributed by atoms with Crippen LogP contribution in [0.25, 0.3) is 0 Å². The molecule has 0 amide bonds. The van der Waals surface area contributed by atoms with Crippen LogP contribution in [-0.2, 0) is 9.59 Å². The Labute approximate surface area is 72.1 Å². The van der Waals surface area contributed by atoms with E-state index in [4.69, 9.17) is 5.11 Å². The number of aliphatic carboxylic acids is 1. The van der Waals surface area contributed by atoms with Gasteiger partial charge in [0.15, 0.2) is 0 Å². The molecule has 0 aromatic heterocycles. The Balaban J connectivity index is 4.22. The van der Waals surface area contributed by atoms with Gasteiger partial charge in [-0.2, -0.15) is 0 Å². The quantitative estimate of drug-likeness (QED) is 0.640. The summed E-state index contributed by atoms with van der Waals surface area (Å²) in [5.74, 6) is -1.10. The maximum absolute atomic E-state index is 10.6. The van der Waals surface area contributed by atoms with Gasteiger partial charge in [0.2, 0.25) is 0 Å². The minimum atomic E-state index is -0.987. The lowest BCUT2D eigenvalue weighted by Gasteiger charge is -1.97. The van der Waals surface area contributed by atoms with Gasteiger partial charge in [0.05, 0.1) is 0 Å². The van der Waals surface area contributed by atoms with E-state index in [-0.39, 0.29) is 17.8 Å². The molecule has 0 heterocycles. The van der Waals surface area contributed by atoms with Gasteiger partial charge in [-0.15, -0.1) is 0 Å². The first kappa shape index (κ1) is 10.9. The van der Waals surface area contributed by atoms with Gasteiger partial charge in [-0.3, -0.25) is 4.79 Å². The number of unbranched alkanes of at least 4 members (excludes halogenated alkanes) is 1. The van der Waals surface area contributed by atoms with E-state index in [1.165, 1.54) is 6.92 Å². The lowest BCUT2D eigenvalue weighted by Crippen LogP contribution is -2.04. The molecule has 0 aromatic carbocycles. The fourth-order valence-corrected chi connectivity index (χ4v) is 0.822. The van der Waals surface area contributed by atoms with Crippen LogP contribution in [0.15, 0.2) is 11.6 Å². The van der Waals surface area contributed by atoms with Crippen LogP contribution in [0.5, 0.6) is 0 Å². The summed E-state index contributed by atoms with van der Waals surface area (Å²) in [6.07, 6.45) is 3.27. The Morgan fingerprint density at radius 3 is 2.33 bits per heavy atom. The largest absolute Gasteiger partial charge is 0.478 e. The highest BCUT2D eigenvalue weighted by atomic mass is 16.4. The second kappa shape index (κ2) is 5.52. The van der Waals surface area contributed by atoms with E-state index < -0.39 is 5.97 Å². The lowest BCUT2D eigenvalue weighted by molar-refractivity contribution is -0.133. The molecule has 0 saturated heterocycles. The highest BCUT2D eigenvalue weighted by Gasteiger charge is 2.08. The van der Waals surface area contributed by atoms with E-state index in [2.05, 4.69) is 0 Å². The Bertz CT molecular complexity index is 204. The molecule has 0 aliphatic heterocycles. The second-order valence-corrected chi connectivity index (χ2v) is 2.70. The average Bonchev–Trinajstić information content (AvgIpc) is 1.96. The number of carboxylic acid groups (broad SMARTS) is 1. The summed E-state index contributed by atoms with van der Waals surface area (Å²) in [6.45, 7) is 3.35. The smallest absolute Gasteiger partial charge is 0.331 e. The fraction of sp³-hybridized carbons (Fsp3) is 0.556. The first-order valence-corrected chi connectivity index (χ1v) is 3.99. The van der Waals surface area contributed by atoms with Crippen LogP contribution in [0.4, 0.5) is 0 Å². The Morgan fingerprint density at radius 1 is 1.42 bits per heavy atom. The van der Waals surface area contributed by atoms with Gasteiger partial charge in [0, 0.05) is 12.0 Å². The van der Waals surface area contributed by atoms with Gasteiger partial charge in [-0.25, -0.2) is 4.79 Å². The Kier molecular flexibility index (Phi) is 5.00. The molecule has 0 spiro atoms. The molecule has 0 saturated carbocycles. The zero-order valence-corrected chi connectivity index (χ0v) is 7.46. The predicted octanol–water partition coefficient (Wildman–Crippen LogP) is 1.78. The Morgan fingerprint density at radius 2 is 2.00 bits per heavy atom. The number of carbonyl (C=O) groups excluding carboxylic acids is 1. The van der Waals surface area contributed by atoms with Crippen molar-refractivity contribution >= 4 is 11.8 Å². The van der Waals surface area contributed by atoms with Crippen LogP contribution in [0, 0.1) is 0 Å².